The fourth-order valence-corrected chi connectivity index (χ4v) is 4.31. The highest BCUT2D eigenvalue weighted by atomic mass is 19.1. The summed E-state index contributed by atoms with van der Waals surface area (Å²) < 4.78 is 24.9. The summed E-state index contributed by atoms with van der Waals surface area (Å²) in [7, 11) is 0. The van der Waals surface area contributed by atoms with Gasteiger partial charge in [-0.05, 0) is 55.7 Å². The first-order valence-corrected chi connectivity index (χ1v) is 11.4. The maximum absolute atomic E-state index is 13.3. The molecule has 4 aromatic rings. The maximum Gasteiger partial charge on any atom is 0.272 e. The Hall–Kier alpha value is -3.94. The summed E-state index contributed by atoms with van der Waals surface area (Å²) in [5.41, 5.74) is 2.82. The molecule has 2 aromatic heterocycles. The first-order chi connectivity index (χ1) is 16.6. The van der Waals surface area contributed by atoms with E-state index >= 15 is 0 Å². The molecule has 0 saturated carbocycles. The quantitative estimate of drug-likeness (QED) is 0.411. The van der Waals surface area contributed by atoms with Gasteiger partial charge in [-0.25, -0.2) is 9.37 Å². The average Bonchev–Trinajstić information content (AvgIpc) is 3.61. The number of halogens is 1. The van der Waals surface area contributed by atoms with Gasteiger partial charge >= 0.3 is 0 Å². The van der Waals surface area contributed by atoms with E-state index in [-0.39, 0.29) is 17.8 Å². The molecule has 8 heteroatoms. The molecule has 1 unspecified atom stereocenters. The number of likely N-dealkylation sites (tertiary alicyclic amines) is 1. The van der Waals surface area contributed by atoms with Crippen molar-refractivity contribution < 1.29 is 18.3 Å². The molecule has 5 rings (SSSR count). The molecule has 7 nitrogen and oxygen atoms in total. The number of nitrogens with one attached hydrogen (secondary N) is 1. The number of aromatic nitrogens is 3. The molecule has 1 fully saturated rings. The summed E-state index contributed by atoms with van der Waals surface area (Å²) in [5, 5.41) is 7.24. The molecule has 1 amide bonds. The topological polar surface area (TPSA) is 84.2 Å². The van der Waals surface area contributed by atoms with Crippen LogP contribution in [0.4, 0.5) is 4.39 Å². The second-order valence-corrected chi connectivity index (χ2v) is 8.22. The lowest BCUT2D eigenvalue weighted by atomic mass is 10.1. The van der Waals surface area contributed by atoms with Gasteiger partial charge in [-0.3, -0.25) is 9.89 Å². The van der Waals surface area contributed by atoms with Crippen LogP contribution >= 0.6 is 0 Å². The van der Waals surface area contributed by atoms with Crippen molar-refractivity contribution in [3.05, 3.63) is 89.5 Å². The van der Waals surface area contributed by atoms with E-state index in [1.165, 1.54) is 12.1 Å². The van der Waals surface area contributed by atoms with Gasteiger partial charge in [0.05, 0.1) is 18.5 Å². The number of hydrogen-bond donors (Lipinski definition) is 1. The normalized spacial score (nSPS) is 15.6. The lowest BCUT2D eigenvalue weighted by Crippen LogP contribution is -2.31. The number of carbonyl (C=O) groups is 1. The number of aromatic amines is 1. The Morgan fingerprint density at radius 3 is 2.88 bits per heavy atom. The summed E-state index contributed by atoms with van der Waals surface area (Å²) in [4.78, 5) is 19.6. The van der Waals surface area contributed by atoms with E-state index in [4.69, 9.17) is 9.15 Å². The van der Waals surface area contributed by atoms with Crippen LogP contribution in [0.5, 0.6) is 5.75 Å². The minimum absolute atomic E-state index is 0.145. The van der Waals surface area contributed by atoms with Gasteiger partial charge in [0.15, 0.2) is 0 Å². The zero-order valence-electron chi connectivity index (χ0n) is 18.8. The Balaban J connectivity index is 1.32. The zero-order valence-corrected chi connectivity index (χ0v) is 18.8. The van der Waals surface area contributed by atoms with Crippen LogP contribution in [0, 0.1) is 5.82 Å². The number of rotatable bonds is 7. The van der Waals surface area contributed by atoms with Gasteiger partial charge in [0.25, 0.3) is 5.91 Å². The molecule has 1 atom stereocenters. The molecule has 34 heavy (non-hydrogen) atoms. The lowest BCUT2D eigenvalue weighted by molar-refractivity contribution is 0.0708. The predicted octanol–water partition coefficient (Wildman–Crippen LogP) is 5.17. The number of para-hydroxylation sites is 1. The van der Waals surface area contributed by atoms with Gasteiger partial charge in [0.1, 0.15) is 29.1 Å². The van der Waals surface area contributed by atoms with Crippen LogP contribution in [0.2, 0.25) is 0 Å². The largest absolute Gasteiger partial charge is 0.493 e. The van der Waals surface area contributed by atoms with Crippen LogP contribution < -0.4 is 4.74 Å². The van der Waals surface area contributed by atoms with Crippen molar-refractivity contribution >= 4 is 5.91 Å². The van der Waals surface area contributed by atoms with Crippen molar-refractivity contribution in [2.45, 2.75) is 32.2 Å². The molecule has 1 aliphatic heterocycles. The highest BCUT2D eigenvalue weighted by Crippen LogP contribution is 2.34. The van der Waals surface area contributed by atoms with Crippen LogP contribution in [0.15, 0.2) is 65.2 Å². The van der Waals surface area contributed by atoms with Gasteiger partial charge in [-0.1, -0.05) is 24.3 Å². The Labute approximate surface area is 196 Å². The summed E-state index contributed by atoms with van der Waals surface area (Å²) in [6.45, 7) is 3.09. The van der Waals surface area contributed by atoms with E-state index < -0.39 is 0 Å². The van der Waals surface area contributed by atoms with Gasteiger partial charge in [-0.2, -0.15) is 5.10 Å². The number of ether oxygens (including phenoxy) is 1. The molecule has 2 aromatic carbocycles. The Bertz CT molecular complexity index is 1280. The number of hydrogen-bond acceptors (Lipinski definition) is 5. The fraction of sp³-hybridized carbons (Fsp3) is 0.269. The Morgan fingerprint density at radius 2 is 2.06 bits per heavy atom. The Kier molecular flexibility index (Phi) is 6.12. The van der Waals surface area contributed by atoms with Gasteiger partial charge in [-0.15, -0.1) is 0 Å². The van der Waals surface area contributed by atoms with E-state index in [2.05, 4.69) is 15.2 Å². The van der Waals surface area contributed by atoms with Crippen LogP contribution in [0.3, 0.4) is 0 Å². The van der Waals surface area contributed by atoms with E-state index in [0.29, 0.717) is 42.6 Å². The highest BCUT2D eigenvalue weighted by molar-refractivity contribution is 5.94. The monoisotopic (exact) mass is 460 g/mol. The Morgan fingerprint density at radius 1 is 1.24 bits per heavy atom. The standard InChI is InChI=1S/C26H25FN4O3/c1-2-33-24-8-4-3-6-20(24)21-15-22(30-29-21)26(32)31-13-5-7-23(31)25-28-16-19(34-25)14-17-9-11-18(27)12-10-17/h3-4,6,8-12,15-16,23H,2,5,7,13-14H2,1H3,(H,29,30). The molecule has 1 aliphatic rings. The van der Waals surface area contributed by atoms with Crippen LogP contribution in [-0.2, 0) is 6.42 Å². The molecular formula is C26H25FN4O3. The van der Waals surface area contributed by atoms with Gasteiger partial charge < -0.3 is 14.1 Å². The summed E-state index contributed by atoms with van der Waals surface area (Å²) >= 11 is 0. The molecule has 0 aliphatic carbocycles. The second kappa shape index (κ2) is 9.51. The second-order valence-electron chi connectivity index (χ2n) is 8.22. The lowest BCUT2D eigenvalue weighted by Gasteiger charge is -2.21. The highest BCUT2D eigenvalue weighted by Gasteiger charge is 2.34. The van der Waals surface area contributed by atoms with Crippen LogP contribution in [0.1, 0.15) is 53.5 Å². The van der Waals surface area contributed by atoms with Crippen molar-refractivity contribution in [1.82, 2.24) is 20.1 Å². The third-order valence-electron chi connectivity index (χ3n) is 5.93. The molecule has 1 N–H and O–H groups in total. The third-order valence-corrected chi connectivity index (χ3v) is 5.93. The molecular weight excluding hydrogens is 435 g/mol. The first-order valence-electron chi connectivity index (χ1n) is 11.4. The number of carbonyl (C=O) groups excluding carboxylic acids is 1. The van der Waals surface area contributed by atoms with Crippen molar-refractivity contribution in [2.75, 3.05) is 13.2 Å². The SMILES string of the molecule is CCOc1ccccc1-c1cc(C(=O)N2CCCC2c2ncc(Cc3ccc(F)cc3)o2)[nH]n1. The van der Waals surface area contributed by atoms with Crippen molar-refractivity contribution in [3.63, 3.8) is 0 Å². The number of benzene rings is 2. The smallest absolute Gasteiger partial charge is 0.272 e. The van der Waals surface area contributed by atoms with Crippen molar-refractivity contribution in [2.24, 2.45) is 0 Å². The number of amides is 1. The molecule has 3 heterocycles. The van der Waals surface area contributed by atoms with Crippen LogP contribution in [0.25, 0.3) is 11.3 Å². The first kappa shape index (κ1) is 21.9. The summed E-state index contributed by atoms with van der Waals surface area (Å²) in [6, 6.07) is 15.4. The minimum Gasteiger partial charge on any atom is -0.493 e. The summed E-state index contributed by atoms with van der Waals surface area (Å²) in [6.07, 6.45) is 3.83. The van der Waals surface area contributed by atoms with E-state index in [9.17, 15) is 9.18 Å². The van der Waals surface area contributed by atoms with E-state index in [1.54, 1.807) is 29.3 Å². The van der Waals surface area contributed by atoms with Crippen LogP contribution in [-0.4, -0.2) is 39.1 Å². The van der Waals surface area contributed by atoms with Crippen molar-refractivity contribution in [1.29, 1.82) is 0 Å². The molecule has 0 bridgehead atoms. The van der Waals surface area contributed by atoms with Gasteiger partial charge in [0, 0.05) is 18.5 Å². The third kappa shape index (κ3) is 4.44. The molecule has 0 spiro atoms. The molecule has 174 valence electrons. The van der Waals surface area contributed by atoms with E-state index in [0.717, 1.165) is 29.7 Å². The fourth-order valence-electron chi connectivity index (χ4n) is 4.31. The predicted molar refractivity (Wildman–Crippen MR) is 124 cm³/mol. The van der Waals surface area contributed by atoms with Crippen molar-refractivity contribution in [3.8, 4) is 17.0 Å². The van der Waals surface area contributed by atoms with E-state index in [1.807, 2.05) is 31.2 Å². The molecule has 1 saturated heterocycles. The molecule has 0 radical (unpaired) electrons. The zero-order chi connectivity index (χ0) is 23.5. The summed E-state index contributed by atoms with van der Waals surface area (Å²) in [5.74, 6) is 1.50. The number of nitrogens with zero attached hydrogens (tertiary/aromatic N) is 3. The number of oxazole rings is 1. The number of H-pyrrole nitrogens is 1. The average molecular weight is 461 g/mol. The minimum atomic E-state index is -0.273. The van der Waals surface area contributed by atoms with Gasteiger partial charge in [0.2, 0.25) is 5.89 Å². The maximum atomic E-state index is 13.3.